The van der Waals surface area contributed by atoms with Crippen LogP contribution in [0, 0.1) is 24.3 Å². The molecule has 0 saturated heterocycles. The number of fused-ring (bicyclic) bond motifs is 8. The Morgan fingerprint density at radius 2 is 0.667 bits per heavy atom. The van der Waals surface area contributed by atoms with Crippen LogP contribution >= 0.6 is 0 Å². The zero-order chi connectivity index (χ0) is 39.2. The summed E-state index contributed by atoms with van der Waals surface area (Å²) in [5.74, 6) is 0. The number of benzene rings is 4. The summed E-state index contributed by atoms with van der Waals surface area (Å²) in [7, 11) is 0. The van der Waals surface area contributed by atoms with Gasteiger partial charge < -0.3 is 32.9 Å². The van der Waals surface area contributed by atoms with Crippen LogP contribution in [0.2, 0.25) is 0 Å². The largest absolute Gasteiger partial charge is 0.355 e. The van der Waals surface area contributed by atoms with Crippen LogP contribution in [-0.2, 0) is 43.0 Å². The topological polar surface area (TPSA) is 161 Å². The Morgan fingerprint density at radius 1 is 0.386 bits per heavy atom. The van der Waals surface area contributed by atoms with Gasteiger partial charge in [0.2, 0.25) is 0 Å². The standard InChI is InChI=1S/C20H14N4.4C7H8N.Co/c1-2-14-10-16-5-6-18(23-16)12-20-8-7-19(24-20)11-17-4-3-15(22-17)9-13(1)21-14;4*8-6-7-4-2-1-3-5-7;/h1-12,21-22H;4*1-2,4-5H,6,8H2;/q;4*-1;. The first-order valence-electron chi connectivity index (χ1n) is 18.2. The Hall–Kier alpha value is -6.17. The van der Waals surface area contributed by atoms with Crippen LogP contribution in [0.15, 0.2) is 146 Å². The van der Waals surface area contributed by atoms with E-state index in [1.54, 1.807) is 0 Å². The average molecular weight is 794 g/mol. The fourth-order valence-corrected chi connectivity index (χ4v) is 5.17. The summed E-state index contributed by atoms with van der Waals surface area (Å²) in [4.78, 5) is 16.0. The van der Waals surface area contributed by atoms with Gasteiger partial charge in [-0.1, -0.05) is 0 Å². The molecule has 0 spiro atoms. The van der Waals surface area contributed by atoms with Crippen molar-refractivity contribution < 1.29 is 16.8 Å². The molecule has 8 nitrogen and oxygen atoms in total. The van der Waals surface area contributed by atoms with Gasteiger partial charge in [0.05, 0.1) is 22.8 Å². The van der Waals surface area contributed by atoms with Crippen molar-refractivity contribution in [3.8, 4) is 0 Å². The summed E-state index contributed by atoms with van der Waals surface area (Å²) in [6, 6.07) is 58.8. The van der Waals surface area contributed by atoms with Crippen LogP contribution in [0.1, 0.15) is 45.0 Å². The second kappa shape index (κ2) is 24.4. The molecule has 0 fully saturated rings. The van der Waals surface area contributed by atoms with E-state index in [1.807, 2.05) is 140 Å². The van der Waals surface area contributed by atoms with E-state index >= 15 is 0 Å². The minimum absolute atomic E-state index is 0. The van der Waals surface area contributed by atoms with Gasteiger partial charge in [-0.2, -0.15) is 121 Å². The molecule has 2 aliphatic heterocycles. The number of nitrogens with zero attached hydrogens (tertiary/aromatic N) is 2. The predicted octanol–water partition coefficient (Wildman–Crippen LogP) is 8.44. The number of nitrogens with two attached hydrogens (primary N) is 4. The van der Waals surface area contributed by atoms with Crippen molar-refractivity contribution in [2.75, 3.05) is 0 Å². The maximum absolute atomic E-state index is 5.33. The third-order valence-corrected chi connectivity index (χ3v) is 8.07. The molecule has 9 rings (SSSR count). The molecule has 7 aromatic rings. The first kappa shape index (κ1) is 43.6. The SMILES string of the molecule is C1=Cc2cc3ccc(cc4ccc(cc5nc(cc1n2)C=C5)[nH]4)[nH]3.NCc1c[c-]ccc1.NCc1c[c-]ccc1.NCc1c[c-]ccc1.NCc1c[c-]ccc1.[Co]. The van der Waals surface area contributed by atoms with E-state index < -0.39 is 0 Å². The van der Waals surface area contributed by atoms with E-state index in [9.17, 15) is 0 Å². The van der Waals surface area contributed by atoms with Gasteiger partial charge in [0.15, 0.2) is 0 Å². The Bertz CT molecular complexity index is 2160. The van der Waals surface area contributed by atoms with Gasteiger partial charge >= 0.3 is 0 Å². The minimum atomic E-state index is 0. The molecule has 57 heavy (non-hydrogen) atoms. The first-order valence-corrected chi connectivity index (χ1v) is 18.2. The third-order valence-electron chi connectivity index (χ3n) is 8.07. The van der Waals surface area contributed by atoms with E-state index in [4.69, 9.17) is 22.9 Å². The number of nitrogens with one attached hydrogen (secondary N) is 2. The second-order valence-corrected chi connectivity index (χ2v) is 12.4. The first-order chi connectivity index (χ1) is 27.5. The van der Waals surface area contributed by atoms with Crippen LogP contribution in [0.25, 0.3) is 46.4 Å². The number of aromatic amines is 2. The number of rotatable bonds is 4. The van der Waals surface area contributed by atoms with Crippen molar-refractivity contribution >= 4 is 46.4 Å². The monoisotopic (exact) mass is 793 g/mol. The molecule has 10 N–H and O–H groups in total. The smallest absolute Gasteiger partial charge is 0.0659 e. The van der Waals surface area contributed by atoms with Gasteiger partial charge in [-0.25, -0.2) is 9.97 Å². The van der Waals surface area contributed by atoms with Gasteiger partial charge in [0, 0.05) is 38.8 Å². The summed E-state index contributed by atoms with van der Waals surface area (Å²) < 4.78 is 0. The van der Waals surface area contributed by atoms with Crippen molar-refractivity contribution in [2.45, 2.75) is 26.2 Å². The van der Waals surface area contributed by atoms with Crippen molar-refractivity contribution in [3.05, 3.63) is 215 Å². The summed E-state index contributed by atoms with van der Waals surface area (Å²) in [5.41, 5.74) is 33.7. The van der Waals surface area contributed by atoms with Gasteiger partial charge in [-0.05, 0) is 99.0 Å². The third kappa shape index (κ3) is 15.5. The van der Waals surface area contributed by atoms with Crippen molar-refractivity contribution in [3.63, 3.8) is 0 Å². The van der Waals surface area contributed by atoms with Gasteiger partial charge in [-0.15, -0.1) is 22.3 Å². The molecular weight excluding hydrogens is 748 g/mol. The molecule has 0 aliphatic carbocycles. The van der Waals surface area contributed by atoms with Crippen LogP contribution < -0.4 is 22.9 Å². The number of hydrogen-bond acceptors (Lipinski definition) is 6. The maximum Gasteiger partial charge on any atom is 0.0659 e. The van der Waals surface area contributed by atoms with Crippen LogP contribution in [-0.4, -0.2) is 19.9 Å². The van der Waals surface area contributed by atoms with Crippen molar-refractivity contribution in [1.82, 2.24) is 19.9 Å². The molecule has 5 heterocycles. The average Bonchev–Trinajstić information content (AvgIpc) is 4.10. The molecule has 3 aromatic heterocycles. The van der Waals surface area contributed by atoms with Crippen LogP contribution in [0.4, 0.5) is 0 Å². The molecular formula is C48H46CoN8-4. The van der Waals surface area contributed by atoms with E-state index in [0.717, 1.165) is 67.1 Å². The summed E-state index contributed by atoms with van der Waals surface area (Å²) in [5, 5.41) is 0. The molecule has 0 amide bonds. The zero-order valence-corrected chi connectivity index (χ0v) is 32.6. The molecule has 1 radical (unpaired) electrons. The Morgan fingerprint density at radius 3 is 0.912 bits per heavy atom. The number of H-pyrrole nitrogens is 2. The molecule has 9 heteroatoms. The normalized spacial score (nSPS) is 10.5. The quantitative estimate of drug-likeness (QED) is 0.0981. The molecule has 0 unspecified atom stereocenters. The second-order valence-electron chi connectivity index (χ2n) is 12.4. The molecule has 2 aliphatic rings. The van der Waals surface area contributed by atoms with Gasteiger partial charge in [0.25, 0.3) is 0 Å². The van der Waals surface area contributed by atoms with E-state index in [0.29, 0.717) is 26.2 Å². The van der Waals surface area contributed by atoms with Gasteiger partial charge in [-0.3, -0.25) is 0 Å². The van der Waals surface area contributed by atoms with Crippen LogP contribution in [0.5, 0.6) is 0 Å². The maximum atomic E-state index is 5.33. The molecule has 0 saturated carbocycles. The van der Waals surface area contributed by atoms with E-state index in [-0.39, 0.29) is 16.8 Å². The van der Waals surface area contributed by atoms with E-state index in [1.165, 1.54) is 0 Å². The Labute approximate surface area is 345 Å². The van der Waals surface area contributed by atoms with Crippen molar-refractivity contribution in [2.24, 2.45) is 22.9 Å². The van der Waals surface area contributed by atoms with Crippen LogP contribution in [0.3, 0.4) is 0 Å². The summed E-state index contributed by atoms with van der Waals surface area (Å²) >= 11 is 0. The Balaban J connectivity index is 0.000000180. The van der Waals surface area contributed by atoms with Gasteiger partial charge in [0.1, 0.15) is 0 Å². The number of aromatic nitrogens is 4. The fourth-order valence-electron chi connectivity index (χ4n) is 5.17. The number of hydrogen-bond donors (Lipinski definition) is 6. The molecule has 0 atom stereocenters. The molecule has 8 bridgehead atoms. The molecule has 4 aromatic carbocycles. The predicted molar refractivity (Wildman–Crippen MR) is 232 cm³/mol. The zero-order valence-electron chi connectivity index (χ0n) is 31.5. The fraction of sp³-hybridized carbons (Fsp3) is 0.0833. The minimum Gasteiger partial charge on any atom is -0.355 e. The summed E-state index contributed by atoms with van der Waals surface area (Å²) in [6.45, 7) is 2.43. The van der Waals surface area contributed by atoms with Crippen molar-refractivity contribution in [1.29, 1.82) is 0 Å². The molecule has 291 valence electrons. The Kier molecular flexibility index (Phi) is 18.6. The van der Waals surface area contributed by atoms with E-state index in [2.05, 4.69) is 74.5 Å². The summed E-state index contributed by atoms with van der Waals surface area (Å²) in [6.07, 6.45) is 8.05.